The molecule has 1 unspecified atom stereocenters. The van der Waals surface area contributed by atoms with Crippen molar-refractivity contribution < 1.29 is 14.3 Å². The van der Waals surface area contributed by atoms with E-state index >= 15 is 0 Å². The van der Waals surface area contributed by atoms with Crippen LogP contribution in [0.15, 0.2) is 41.8 Å². The van der Waals surface area contributed by atoms with Gasteiger partial charge in [0, 0.05) is 11.9 Å². The van der Waals surface area contributed by atoms with Crippen LogP contribution in [0.1, 0.15) is 22.9 Å². The third kappa shape index (κ3) is 6.11. The van der Waals surface area contributed by atoms with E-state index in [1.165, 1.54) is 16.9 Å². The van der Waals surface area contributed by atoms with Crippen LogP contribution in [0.3, 0.4) is 0 Å². The Morgan fingerprint density at radius 2 is 2.00 bits per heavy atom. The Labute approximate surface area is 151 Å². The average molecular weight is 361 g/mol. The SMILES string of the molecule is Cc1ccc(OCCN(C)C(=O)CC(NC(N)=O)c2cccs2)cc1. The van der Waals surface area contributed by atoms with Crippen molar-refractivity contribution in [2.75, 3.05) is 20.2 Å². The summed E-state index contributed by atoms with van der Waals surface area (Å²) < 4.78 is 5.64. The molecule has 2 rings (SSSR count). The van der Waals surface area contributed by atoms with Gasteiger partial charge in [0.25, 0.3) is 0 Å². The van der Waals surface area contributed by atoms with E-state index in [-0.39, 0.29) is 12.3 Å². The third-order valence-electron chi connectivity index (χ3n) is 3.72. The quantitative estimate of drug-likeness (QED) is 0.758. The molecule has 1 atom stereocenters. The first-order valence-electron chi connectivity index (χ1n) is 7.98. The normalized spacial score (nSPS) is 11.6. The number of benzene rings is 1. The lowest BCUT2D eigenvalue weighted by atomic mass is 10.1. The summed E-state index contributed by atoms with van der Waals surface area (Å²) >= 11 is 1.48. The standard InChI is InChI=1S/C18H23N3O3S/c1-13-5-7-14(8-6-13)24-10-9-21(2)17(22)12-15(20-18(19)23)16-4-3-11-25-16/h3-8,11,15H,9-10,12H2,1-2H3,(H3,19,20,23). The van der Waals surface area contributed by atoms with Crippen LogP contribution in [0.2, 0.25) is 0 Å². The fourth-order valence-corrected chi connectivity index (χ4v) is 3.05. The maximum atomic E-state index is 12.4. The molecule has 0 spiro atoms. The van der Waals surface area contributed by atoms with E-state index in [9.17, 15) is 9.59 Å². The molecule has 1 aromatic heterocycles. The number of aryl methyl sites for hydroxylation is 1. The van der Waals surface area contributed by atoms with Gasteiger partial charge in [-0.2, -0.15) is 0 Å². The second-order valence-electron chi connectivity index (χ2n) is 5.76. The zero-order chi connectivity index (χ0) is 18.2. The van der Waals surface area contributed by atoms with Gasteiger partial charge < -0.3 is 20.7 Å². The summed E-state index contributed by atoms with van der Waals surface area (Å²) in [5.41, 5.74) is 6.38. The van der Waals surface area contributed by atoms with Crippen molar-refractivity contribution in [1.29, 1.82) is 0 Å². The van der Waals surface area contributed by atoms with Crippen molar-refractivity contribution in [3.8, 4) is 5.75 Å². The van der Waals surface area contributed by atoms with Crippen molar-refractivity contribution in [3.63, 3.8) is 0 Å². The number of primary amides is 1. The molecule has 134 valence electrons. The number of urea groups is 1. The van der Waals surface area contributed by atoms with Gasteiger partial charge in [-0.1, -0.05) is 23.8 Å². The summed E-state index contributed by atoms with van der Waals surface area (Å²) in [6, 6.07) is 10.5. The second-order valence-corrected chi connectivity index (χ2v) is 6.74. The van der Waals surface area contributed by atoms with Gasteiger partial charge in [-0.3, -0.25) is 4.79 Å². The Morgan fingerprint density at radius 3 is 2.60 bits per heavy atom. The molecule has 0 fully saturated rings. The van der Waals surface area contributed by atoms with Crippen molar-refractivity contribution in [3.05, 3.63) is 52.2 Å². The van der Waals surface area contributed by atoms with E-state index in [2.05, 4.69) is 5.32 Å². The molecular weight excluding hydrogens is 338 g/mol. The van der Waals surface area contributed by atoms with E-state index in [0.717, 1.165) is 10.6 Å². The highest BCUT2D eigenvalue weighted by Gasteiger charge is 2.20. The molecule has 3 amide bonds. The van der Waals surface area contributed by atoms with Gasteiger partial charge >= 0.3 is 6.03 Å². The van der Waals surface area contributed by atoms with Gasteiger partial charge in [-0.25, -0.2) is 4.79 Å². The van der Waals surface area contributed by atoms with Gasteiger partial charge in [-0.15, -0.1) is 11.3 Å². The van der Waals surface area contributed by atoms with Gasteiger partial charge in [0.05, 0.1) is 19.0 Å². The summed E-state index contributed by atoms with van der Waals surface area (Å²) in [5, 5.41) is 4.52. The maximum absolute atomic E-state index is 12.4. The lowest BCUT2D eigenvalue weighted by Gasteiger charge is -2.21. The Bertz CT molecular complexity index is 686. The molecule has 0 saturated carbocycles. The number of hydrogen-bond donors (Lipinski definition) is 2. The molecule has 0 radical (unpaired) electrons. The van der Waals surface area contributed by atoms with E-state index in [1.54, 1.807) is 11.9 Å². The first kappa shape index (κ1) is 18.8. The highest BCUT2D eigenvalue weighted by atomic mass is 32.1. The van der Waals surface area contributed by atoms with Crippen LogP contribution in [-0.4, -0.2) is 37.0 Å². The first-order chi connectivity index (χ1) is 12.0. The number of carbonyl (C=O) groups excluding carboxylic acids is 2. The number of nitrogens with two attached hydrogens (primary N) is 1. The van der Waals surface area contributed by atoms with Crippen LogP contribution in [0, 0.1) is 6.92 Å². The Kier molecular flexibility index (Phi) is 6.82. The summed E-state index contributed by atoms with van der Waals surface area (Å²) in [6.45, 7) is 2.87. The molecule has 1 heterocycles. The van der Waals surface area contributed by atoms with Gasteiger partial charge in [0.1, 0.15) is 12.4 Å². The van der Waals surface area contributed by atoms with Crippen LogP contribution >= 0.6 is 11.3 Å². The molecule has 0 aliphatic rings. The minimum atomic E-state index is -0.642. The fraction of sp³-hybridized carbons (Fsp3) is 0.333. The smallest absolute Gasteiger partial charge is 0.312 e. The van der Waals surface area contributed by atoms with Crippen molar-refractivity contribution in [1.82, 2.24) is 10.2 Å². The number of ether oxygens (including phenoxy) is 1. The lowest BCUT2D eigenvalue weighted by Crippen LogP contribution is -2.38. The number of amides is 3. The molecule has 2 aromatic rings. The summed E-state index contributed by atoms with van der Waals surface area (Å²) in [6.07, 6.45) is 0.157. The second kappa shape index (κ2) is 9.08. The fourth-order valence-electron chi connectivity index (χ4n) is 2.27. The number of likely N-dealkylation sites (N-methyl/N-ethyl adjacent to an activating group) is 1. The molecule has 25 heavy (non-hydrogen) atoms. The van der Waals surface area contributed by atoms with Crippen LogP contribution in [-0.2, 0) is 4.79 Å². The minimum Gasteiger partial charge on any atom is -0.492 e. The summed E-state index contributed by atoms with van der Waals surface area (Å²) in [5.74, 6) is 0.693. The molecule has 7 heteroatoms. The Hall–Kier alpha value is -2.54. The molecular formula is C18H23N3O3S. The van der Waals surface area contributed by atoms with Crippen LogP contribution in [0.5, 0.6) is 5.75 Å². The largest absolute Gasteiger partial charge is 0.492 e. The highest BCUT2D eigenvalue weighted by Crippen LogP contribution is 2.22. The molecule has 1 aromatic carbocycles. The van der Waals surface area contributed by atoms with E-state index in [1.807, 2.05) is 48.7 Å². The van der Waals surface area contributed by atoms with Crippen molar-refractivity contribution in [2.24, 2.45) is 5.73 Å². The van der Waals surface area contributed by atoms with Gasteiger partial charge in [0.15, 0.2) is 0 Å². The molecule has 0 bridgehead atoms. The Morgan fingerprint density at radius 1 is 1.28 bits per heavy atom. The zero-order valence-corrected chi connectivity index (χ0v) is 15.2. The highest BCUT2D eigenvalue weighted by molar-refractivity contribution is 7.10. The number of rotatable bonds is 8. The van der Waals surface area contributed by atoms with Gasteiger partial charge in [-0.05, 0) is 30.5 Å². The van der Waals surface area contributed by atoms with Crippen molar-refractivity contribution >= 4 is 23.3 Å². The zero-order valence-electron chi connectivity index (χ0n) is 14.4. The predicted octanol–water partition coefficient (Wildman–Crippen LogP) is 2.69. The van der Waals surface area contributed by atoms with Crippen LogP contribution in [0.4, 0.5) is 4.79 Å². The molecule has 0 aliphatic carbocycles. The topological polar surface area (TPSA) is 84.7 Å². The first-order valence-corrected chi connectivity index (χ1v) is 8.86. The third-order valence-corrected chi connectivity index (χ3v) is 4.71. The number of hydrogen-bond acceptors (Lipinski definition) is 4. The molecule has 6 nitrogen and oxygen atoms in total. The maximum Gasteiger partial charge on any atom is 0.312 e. The number of nitrogens with one attached hydrogen (secondary N) is 1. The minimum absolute atomic E-state index is 0.0837. The average Bonchev–Trinajstić information content (AvgIpc) is 3.10. The monoisotopic (exact) mass is 361 g/mol. The van der Waals surface area contributed by atoms with E-state index < -0.39 is 12.1 Å². The van der Waals surface area contributed by atoms with Crippen LogP contribution < -0.4 is 15.8 Å². The predicted molar refractivity (Wildman–Crippen MR) is 98.7 cm³/mol. The molecule has 3 N–H and O–H groups in total. The lowest BCUT2D eigenvalue weighted by molar-refractivity contribution is -0.130. The number of carbonyl (C=O) groups is 2. The van der Waals surface area contributed by atoms with E-state index in [4.69, 9.17) is 10.5 Å². The van der Waals surface area contributed by atoms with E-state index in [0.29, 0.717) is 13.2 Å². The Balaban J connectivity index is 1.83. The summed E-state index contributed by atoms with van der Waals surface area (Å²) in [7, 11) is 1.72. The van der Waals surface area contributed by atoms with Gasteiger partial charge in [0.2, 0.25) is 5.91 Å². The van der Waals surface area contributed by atoms with Crippen LogP contribution in [0.25, 0.3) is 0 Å². The number of nitrogens with zero attached hydrogens (tertiary/aromatic N) is 1. The number of thiophene rings is 1. The molecule has 0 saturated heterocycles. The molecule has 0 aliphatic heterocycles. The summed E-state index contributed by atoms with van der Waals surface area (Å²) in [4.78, 5) is 26.1. The van der Waals surface area contributed by atoms with Crippen molar-refractivity contribution in [2.45, 2.75) is 19.4 Å².